The van der Waals surface area contributed by atoms with Crippen molar-refractivity contribution in [1.82, 2.24) is 10.4 Å². The second-order valence-electron chi connectivity index (χ2n) is 4.01. The van der Waals surface area contributed by atoms with Crippen LogP contribution in [-0.4, -0.2) is 70.6 Å². The summed E-state index contributed by atoms with van der Waals surface area (Å²) in [5, 5.41) is 31.1. The Morgan fingerprint density at radius 1 is 1.32 bits per heavy atom. The zero-order valence-electron chi connectivity index (χ0n) is 10.9. The van der Waals surface area contributed by atoms with Crippen molar-refractivity contribution in [3.05, 3.63) is 0 Å². The lowest BCUT2D eigenvalue weighted by Gasteiger charge is -2.30. The summed E-state index contributed by atoms with van der Waals surface area (Å²) in [5.74, 6) is -4.46. The maximum atomic E-state index is 11.7. The van der Waals surface area contributed by atoms with E-state index in [4.69, 9.17) is 10.2 Å². The zero-order chi connectivity index (χ0) is 15.2. The third-order valence-corrected chi connectivity index (χ3v) is 2.19. The van der Waals surface area contributed by atoms with Gasteiger partial charge in [-0.2, -0.15) is 0 Å². The highest BCUT2D eigenvalue weighted by atomic mass is 16.7. The monoisotopic (exact) mass is 278 g/mol. The predicted molar refractivity (Wildman–Crippen MR) is 62.1 cm³/mol. The fraction of sp³-hybridized carbons (Fsp3) is 0.700. The van der Waals surface area contributed by atoms with Crippen LogP contribution in [0.4, 0.5) is 0 Å². The van der Waals surface area contributed by atoms with Crippen LogP contribution < -0.4 is 5.32 Å². The SMILES string of the molecule is CCNC(C(=O)ON(C)C)C(O)(CC(=O)O)C(=O)O. The molecule has 9 nitrogen and oxygen atoms in total. The van der Waals surface area contributed by atoms with Crippen LogP contribution in [0.15, 0.2) is 0 Å². The number of carbonyl (C=O) groups excluding carboxylic acids is 1. The van der Waals surface area contributed by atoms with Crippen LogP contribution in [0.3, 0.4) is 0 Å². The van der Waals surface area contributed by atoms with E-state index >= 15 is 0 Å². The van der Waals surface area contributed by atoms with E-state index < -0.39 is 36.0 Å². The van der Waals surface area contributed by atoms with Crippen molar-refractivity contribution >= 4 is 17.9 Å². The molecule has 0 radical (unpaired) electrons. The Kier molecular flexibility index (Phi) is 6.39. The molecule has 19 heavy (non-hydrogen) atoms. The summed E-state index contributed by atoms with van der Waals surface area (Å²) in [6.45, 7) is 1.71. The van der Waals surface area contributed by atoms with E-state index in [1.54, 1.807) is 6.92 Å². The second kappa shape index (κ2) is 7.02. The van der Waals surface area contributed by atoms with Gasteiger partial charge in [-0.3, -0.25) is 4.79 Å². The number of carboxylic acid groups (broad SMARTS) is 2. The van der Waals surface area contributed by atoms with E-state index in [2.05, 4.69) is 10.2 Å². The maximum absolute atomic E-state index is 11.7. The summed E-state index contributed by atoms with van der Waals surface area (Å²) in [7, 11) is 2.77. The van der Waals surface area contributed by atoms with Crippen molar-refractivity contribution in [3.63, 3.8) is 0 Å². The Morgan fingerprint density at radius 2 is 1.84 bits per heavy atom. The molecule has 0 aliphatic rings. The van der Waals surface area contributed by atoms with E-state index in [-0.39, 0.29) is 6.54 Å². The quantitative estimate of drug-likeness (QED) is 0.382. The molecule has 0 aromatic heterocycles. The molecule has 2 atom stereocenters. The smallest absolute Gasteiger partial charge is 0.345 e. The predicted octanol–water partition coefficient (Wildman–Crippen LogP) is -1.73. The van der Waals surface area contributed by atoms with Gasteiger partial charge in [0.1, 0.15) is 6.04 Å². The van der Waals surface area contributed by atoms with Gasteiger partial charge in [0.2, 0.25) is 0 Å². The third kappa shape index (κ3) is 4.81. The number of hydroxylamine groups is 2. The number of aliphatic hydroxyl groups is 1. The Labute approximate surface area is 109 Å². The number of aliphatic carboxylic acids is 2. The highest BCUT2D eigenvalue weighted by Gasteiger charge is 2.50. The van der Waals surface area contributed by atoms with Crippen LogP contribution in [0, 0.1) is 0 Å². The summed E-state index contributed by atoms with van der Waals surface area (Å²) >= 11 is 0. The molecule has 110 valence electrons. The van der Waals surface area contributed by atoms with Gasteiger partial charge in [0.15, 0.2) is 5.60 Å². The molecule has 0 amide bonds. The van der Waals surface area contributed by atoms with Gasteiger partial charge in [0.05, 0.1) is 6.42 Å². The van der Waals surface area contributed by atoms with Gasteiger partial charge >= 0.3 is 17.9 Å². The van der Waals surface area contributed by atoms with Crippen LogP contribution in [-0.2, 0) is 19.2 Å². The topological polar surface area (TPSA) is 136 Å². The summed E-state index contributed by atoms with van der Waals surface area (Å²) in [6, 6.07) is -1.70. The number of nitrogens with one attached hydrogen (secondary N) is 1. The van der Waals surface area contributed by atoms with E-state index in [0.29, 0.717) is 0 Å². The van der Waals surface area contributed by atoms with Crippen molar-refractivity contribution in [3.8, 4) is 0 Å². The molecule has 0 heterocycles. The first-order valence-electron chi connectivity index (χ1n) is 5.45. The molecule has 0 aliphatic carbocycles. The Balaban J connectivity index is 5.33. The average molecular weight is 278 g/mol. The molecule has 0 fully saturated rings. The highest BCUT2D eigenvalue weighted by Crippen LogP contribution is 2.18. The molecular weight excluding hydrogens is 260 g/mol. The molecular formula is C10H18N2O7. The van der Waals surface area contributed by atoms with Gasteiger partial charge in [-0.25, -0.2) is 9.59 Å². The van der Waals surface area contributed by atoms with E-state index in [1.807, 2.05) is 0 Å². The lowest BCUT2D eigenvalue weighted by molar-refractivity contribution is -0.194. The zero-order valence-corrected chi connectivity index (χ0v) is 10.9. The molecule has 0 rings (SSSR count). The lowest BCUT2D eigenvalue weighted by Crippen LogP contribution is -2.61. The number of hydrogen-bond donors (Lipinski definition) is 4. The molecule has 0 aliphatic heterocycles. The van der Waals surface area contributed by atoms with Gasteiger partial charge in [-0.05, 0) is 6.54 Å². The summed E-state index contributed by atoms with van der Waals surface area (Å²) in [5.41, 5.74) is -2.80. The van der Waals surface area contributed by atoms with E-state index in [1.165, 1.54) is 14.1 Å². The summed E-state index contributed by atoms with van der Waals surface area (Å²) < 4.78 is 0. The molecule has 4 N–H and O–H groups in total. The molecule has 0 spiro atoms. The van der Waals surface area contributed by atoms with Crippen molar-refractivity contribution in [2.45, 2.75) is 25.0 Å². The number of rotatable bonds is 8. The van der Waals surface area contributed by atoms with Crippen molar-refractivity contribution in [1.29, 1.82) is 0 Å². The molecule has 2 unspecified atom stereocenters. The minimum atomic E-state index is -2.80. The third-order valence-electron chi connectivity index (χ3n) is 2.19. The largest absolute Gasteiger partial charge is 0.481 e. The minimum Gasteiger partial charge on any atom is -0.481 e. The van der Waals surface area contributed by atoms with Crippen LogP contribution in [0.1, 0.15) is 13.3 Å². The van der Waals surface area contributed by atoms with Crippen molar-refractivity contribution in [2.75, 3.05) is 20.6 Å². The fourth-order valence-corrected chi connectivity index (χ4v) is 1.42. The Bertz CT molecular complexity index is 358. The number of carbonyl (C=O) groups is 3. The van der Waals surface area contributed by atoms with Crippen molar-refractivity contribution < 1.29 is 34.5 Å². The number of nitrogens with zero attached hydrogens (tertiary/aromatic N) is 1. The van der Waals surface area contributed by atoms with Crippen LogP contribution in [0.2, 0.25) is 0 Å². The van der Waals surface area contributed by atoms with Crippen LogP contribution in [0.5, 0.6) is 0 Å². The second-order valence-corrected chi connectivity index (χ2v) is 4.01. The van der Waals surface area contributed by atoms with E-state index in [0.717, 1.165) is 5.06 Å². The molecule has 0 saturated carbocycles. The fourth-order valence-electron chi connectivity index (χ4n) is 1.42. The first kappa shape index (κ1) is 17.3. The first-order chi connectivity index (χ1) is 8.65. The van der Waals surface area contributed by atoms with Gasteiger partial charge in [0.25, 0.3) is 0 Å². The first-order valence-corrected chi connectivity index (χ1v) is 5.45. The van der Waals surface area contributed by atoms with Gasteiger partial charge in [-0.1, -0.05) is 6.92 Å². The lowest BCUT2D eigenvalue weighted by atomic mass is 9.90. The van der Waals surface area contributed by atoms with Crippen LogP contribution in [0.25, 0.3) is 0 Å². The molecule has 9 heteroatoms. The molecule has 0 aromatic rings. The molecule has 0 aromatic carbocycles. The minimum absolute atomic E-state index is 0.141. The van der Waals surface area contributed by atoms with E-state index in [9.17, 15) is 19.5 Å². The van der Waals surface area contributed by atoms with Gasteiger partial charge < -0.3 is 25.5 Å². The Hall–Kier alpha value is -1.71. The number of hydrogen-bond acceptors (Lipinski definition) is 7. The maximum Gasteiger partial charge on any atom is 0.345 e. The highest BCUT2D eigenvalue weighted by molar-refractivity contribution is 5.92. The van der Waals surface area contributed by atoms with Crippen molar-refractivity contribution in [2.24, 2.45) is 0 Å². The standard InChI is InChI=1S/C10H18N2O7/c1-4-11-7(8(15)19-12(2)3)10(18,9(16)17)5-6(13)14/h7,11,18H,4-5H2,1-3H3,(H,13,14)(H,16,17). The summed E-state index contributed by atoms with van der Waals surface area (Å²) in [6.07, 6.45) is -1.14. The van der Waals surface area contributed by atoms with Gasteiger partial charge in [0, 0.05) is 14.1 Å². The number of carboxylic acids is 2. The normalized spacial score (nSPS) is 15.6. The van der Waals surface area contributed by atoms with Crippen LogP contribution >= 0.6 is 0 Å². The Morgan fingerprint density at radius 3 is 2.16 bits per heavy atom. The number of likely N-dealkylation sites (N-methyl/N-ethyl adjacent to an activating group) is 1. The molecule has 0 bridgehead atoms. The molecule has 0 saturated heterocycles. The average Bonchev–Trinajstić information content (AvgIpc) is 2.23. The van der Waals surface area contributed by atoms with Gasteiger partial charge in [-0.15, -0.1) is 5.06 Å². The summed E-state index contributed by atoms with van der Waals surface area (Å²) in [4.78, 5) is 38.1.